The molecule has 0 saturated carbocycles. The fourth-order valence-corrected chi connectivity index (χ4v) is 2.82. The quantitative estimate of drug-likeness (QED) is 0.824. The van der Waals surface area contributed by atoms with Crippen molar-refractivity contribution >= 4 is 16.7 Å². The summed E-state index contributed by atoms with van der Waals surface area (Å²) < 4.78 is 10.2. The molecule has 0 amide bonds. The lowest BCUT2D eigenvalue weighted by Crippen LogP contribution is -2.37. The summed E-state index contributed by atoms with van der Waals surface area (Å²) in [6.07, 6.45) is 3.82. The van der Waals surface area contributed by atoms with E-state index >= 15 is 0 Å². The third-order valence-electron chi connectivity index (χ3n) is 3.28. The molecule has 0 aromatic carbocycles. The van der Waals surface area contributed by atoms with Crippen molar-refractivity contribution in [3.8, 4) is 0 Å². The van der Waals surface area contributed by atoms with E-state index in [4.69, 9.17) is 4.74 Å². The smallest absolute Gasteiger partial charge is 0.205 e. The number of nitrogens with zero attached hydrogens (tertiary/aromatic N) is 3. The van der Waals surface area contributed by atoms with Crippen LogP contribution in [0.2, 0.25) is 0 Å². The van der Waals surface area contributed by atoms with Crippen LogP contribution >= 0.6 is 11.5 Å². The molecule has 0 aliphatic carbocycles. The van der Waals surface area contributed by atoms with Crippen LogP contribution in [0.25, 0.3) is 0 Å². The molecule has 4 nitrogen and oxygen atoms in total. The van der Waals surface area contributed by atoms with Crippen LogP contribution in [0.5, 0.6) is 0 Å². The minimum absolute atomic E-state index is 0.439. The van der Waals surface area contributed by atoms with E-state index in [2.05, 4.69) is 28.1 Å². The predicted molar refractivity (Wildman–Crippen MR) is 75.3 cm³/mol. The van der Waals surface area contributed by atoms with Gasteiger partial charge in [0, 0.05) is 31.2 Å². The first-order valence-electron chi connectivity index (χ1n) is 6.82. The average molecular weight is 269 g/mol. The SMILES string of the molecule is Cc1nsc(N2CCC(OCCC(C)C)CC2)n1. The molecule has 1 aliphatic rings. The normalized spacial score (nSPS) is 17.7. The van der Waals surface area contributed by atoms with E-state index in [1.807, 2.05) is 6.92 Å². The Hall–Kier alpha value is -0.680. The first-order chi connectivity index (χ1) is 8.65. The summed E-state index contributed by atoms with van der Waals surface area (Å²) in [5, 5.41) is 1.06. The molecule has 102 valence electrons. The summed E-state index contributed by atoms with van der Waals surface area (Å²) in [4.78, 5) is 6.76. The highest BCUT2D eigenvalue weighted by molar-refractivity contribution is 7.09. The Kier molecular flexibility index (Phi) is 4.95. The highest BCUT2D eigenvalue weighted by Crippen LogP contribution is 2.23. The van der Waals surface area contributed by atoms with Gasteiger partial charge < -0.3 is 9.64 Å². The van der Waals surface area contributed by atoms with Crippen molar-refractivity contribution < 1.29 is 4.74 Å². The van der Waals surface area contributed by atoms with Gasteiger partial charge in [-0.3, -0.25) is 0 Å². The number of piperidine rings is 1. The molecule has 1 aliphatic heterocycles. The minimum atomic E-state index is 0.439. The summed E-state index contributed by atoms with van der Waals surface area (Å²) in [5.41, 5.74) is 0. The predicted octanol–water partition coefficient (Wildman–Crippen LogP) is 2.88. The summed E-state index contributed by atoms with van der Waals surface area (Å²) in [5.74, 6) is 1.61. The third kappa shape index (κ3) is 3.92. The van der Waals surface area contributed by atoms with E-state index in [1.165, 1.54) is 11.5 Å². The lowest BCUT2D eigenvalue weighted by Gasteiger charge is -2.31. The van der Waals surface area contributed by atoms with E-state index in [-0.39, 0.29) is 0 Å². The van der Waals surface area contributed by atoms with Crippen LogP contribution in [0.15, 0.2) is 0 Å². The molecule has 1 aromatic rings. The van der Waals surface area contributed by atoms with Crippen molar-refractivity contribution in [3.63, 3.8) is 0 Å². The standard InChI is InChI=1S/C13H23N3OS/c1-10(2)6-9-17-12-4-7-16(8-5-12)13-14-11(3)15-18-13/h10,12H,4-9H2,1-3H3. The zero-order valence-electron chi connectivity index (χ0n) is 11.6. The molecular formula is C13H23N3OS. The number of anilines is 1. The highest BCUT2D eigenvalue weighted by atomic mass is 32.1. The van der Waals surface area contributed by atoms with Crippen LogP contribution in [-0.4, -0.2) is 35.2 Å². The molecule has 1 aromatic heterocycles. The molecule has 2 heterocycles. The topological polar surface area (TPSA) is 38.2 Å². The van der Waals surface area contributed by atoms with Crippen molar-refractivity contribution in [1.82, 2.24) is 9.36 Å². The van der Waals surface area contributed by atoms with Crippen molar-refractivity contribution in [2.75, 3.05) is 24.6 Å². The molecule has 1 fully saturated rings. The third-order valence-corrected chi connectivity index (χ3v) is 4.15. The van der Waals surface area contributed by atoms with Crippen molar-refractivity contribution in [1.29, 1.82) is 0 Å². The van der Waals surface area contributed by atoms with Crippen LogP contribution < -0.4 is 4.90 Å². The van der Waals surface area contributed by atoms with E-state index in [0.717, 1.165) is 55.8 Å². The number of hydrogen-bond acceptors (Lipinski definition) is 5. The van der Waals surface area contributed by atoms with E-state index in [1.54, 1.807) is 0 Å². The van der Waals surface area contributed by atoms with Gasteiger partial charge in [-0.2, -0.15) is 4.37 Å². The zero-order chi connectivity index (χ0) is 13.0. The maximum absolute atomic E-state index is 5.92. The van der Waals surface area contributed by atoms with Crippen LogP contribution in [0.4, 0.5) is 5.13 Å². The van der Waals surface area contributed by atoms with Crippen LogP contribution in [-0.2, 0) is 4.74 Å². The van der Waals surface area contributed by atoms with Gasteiger partial charge in [-0.25, -0.2) is 4.98 Å². The van der Waals surface area contributed by atoms with E-state index < -0.39 is 0 Å². The second-order valence-corrected chi connectivity index (χ2v) is 6.09. The number of aromatic nitrogens is 2. The molecule has 5 heteroatoms. The van der Waals surface area contributed by atoms with E-state index in [9.17, 15) is 0 Å². The summed E-state index contributed by atoms with van der Waals surface area (Å²) in [6.45, 7) is 9.41. The van der Waals surface area contributed by atoms with Gasteiger partial charge in [-0.15, -0.1) is 0 Å². The largest absolute Gasteiger partial charge is 0.378 e. The van der Waals surface area contributed by atoms with Gasteiger partial charge in [0.15, 0.2) is 0 Å². The molecule has 0 unspecified atom stereocenters. The van der Waals surface area contributed by atoms with Gasteiger partial charge in [0.25, 0.3) is 0 Å². The Bertz CT molecular complexity index is 359. The van der Waals surface area contributed by atoms with Gasteiger partial charge in [0.2, 0.25) is 5.13 Å². The molecule has 0 radical (unpaired) electrons. The minimum Gasteiger partial charge on any atom is -0.378 e. The monoisotopic (exact) mass is 269 g/mol. The Labute approximate surface area is 114 Å². The second-order valence-electron chi connectivity index (χ2n) is 5.36. The zero-order valence-corrected chi connectivity index (χ0v) is 12.4. The molecule has 18 heavy (non-hydrogen) atoms. The maximum Gasteiger partial charge on any atom is 0.205 e. The summed E-state index contributed by atoms with van der Waals surface area (Å²) in [6, 6.07) is 0. The molecule has 0 N–H and O–H groups in total. The lowest BCUT2D eigenvalue weighted by atomic mass is 10.1. The van der Waals surface area contributed by atoms with Gasteiger partial charge >= 0.3 is 0 Å². The van der Waals surface area contributed by atoms with Gasteiger partial charge in [-0.05, 0) is 32.1 Å². The molecule has 2 rings (SSSR count). The first kappa shape index (κ1) is 13.7. The number of ether oxygens (including phenoxy) is 1. The van der Waals surface area contributed by atoms with Gasteiger partial charge in [-0.1, -0.05) is 13.8 Å². The van der Waals surface area contributed by atoms with Crippen LogP contribution in [0.1, 0.15) is 38.9 Å². The van der Waals surface area contributed by atoms with Crippen molar-refractivity contribution in [2.45, 2.75) is 46.1 Å². The second kappa shape index (κ2) is 6.48. The molecular weight excluding hydrogens is 246 g/mol. The fourth-order valence-electron chi connectivity index (χ4n) is 2.10. The van der Waals surface area contributed by atoms with E-state index in [0.29, 0.717) is 6.10 Å². The highest BCUT2D eigenvalue weighted by Gasteiger charge is 2.21. The molecule has 0 bridgehead atoms. The van der Waals surface area contributed by atoms with Crippen LogP contribution in [0, 0.1) is 12.8 Å². The average Bonchev–Trinajstić information content (AvgIpc) is 2.76. The Morgan fingerprint density at radius 1 is 1.39 bits per heavy atom. The molecule has 1 saturated heterocycles. The maximum atomic E-state index is 5.92. The fraction of sp³-hybridized carbons (Fsp3) is 0.846. The Morgan fingerprint density at radius 2 is 2.11 bits per heavy atom. The molecule has 0 spiro atoms. The summed E-state index contributed by atoms with van der Waals surface area (Å²) >= 11 is 1.50. The number of aryl methyl sites for hydroxylation is 1. The van der Waals surface area contributed by atoms with Crippen LogP contribution in [0.3, 0.4) is 0 Å². The lowest BCUT2D eigenvalue weighted by molar-refractivity contribution is 0.0312. The molecule has 0 atom stereocenters. The Balaban J connectivity index is 1.71. The summed E-state index contributed by atoms with van der Waals surface area (Å²) in [7, 11) is 0. The first-order valence-corrected chi connectivity index (χ1v) is 7.59. The van der Waals surface area contributed by atoms with Gasteiger partial charge in [0.05, 0.1) is 6.10 Å². The number of rotatable bonds is 5. The van der Waals surface area contributed by atoms with Crippen molar-refractivity contribution in [2.24, 2.45) is 5.92 Å². The number of hydrogen-bond donors (Lipinski definition) is 0. The van der Waals surface area contributed by atoms with Crippen molar-refractivity contribution in [3.05, 3.63) is 5.82 Å². The van der Waals surface area contributed by atoms with Gasteiger partial charge in [0.1, 0.15) is 5.82 Å². The Morgan fingerprint density at radius 3 is 2.67 bits per heavy atom.